The van der Waals surface area contributed by atoms with Gasteiger partial charge in [-0.05, 0) is 42.5 Å². The van der Waals surface area contributed by atoms with Gasteiger partial charge in [0.15, 0.2) is 5.28 Å². The lowest BCUT2D eigenvalue weighted by Gasteiger charge is -2.43. The number of benzene rings is 3. The fourth-order valence-corrected chi connectivity index (χ4v) is 8.85. The Balaban J connectivity index is 2.12. The molecule has 4 aromatic rings. The van der Waals surface area contributed by atoms with Crippen LogP contribution in [0.5, 0.6) is 0 Å². The molecule has 0 spiro atoms. The maximum atomic E-state index is 14.3. The average Bonchev–Trinajstić information content (AvgIpc) is 3.26. The molecular formula is C24H24Cl2N3O6PS. The highest BCUT2D eigenvalue weighted by Gasteiger charge is 2.54. The third-order valence-corrected chi connectivity index (χ3v) is 10.7. The van der Waals surface area contributed by atoms with Crippen LogP contribution in [-0.4, -0.2) is 33.6 Å². The van der Waals surface area contributed by atoms with E-state index >= 15 is 0 Å². The first-order valence-corrected chi connectivity index (χ1v) is 15.1. The number of fused-ring (bicyclic) bond motifs is 1. The highest BCUT2D eigenvalue weighted by Crippen LogP contribution is 2.59. The Labute approximate surface area is 224 Å². The van der Waals surface area contributed by atoms with E-state index in [0.717, 1.165) is 4.31 Å². The van der Waals surface area contributed by atoms with Gasteiger partial charge in [0.2, 0.25) is 11.7 Å². The Morgan fingerprint density at radius 1 is 1.00 bits per heavy atom. The number of hydrogen-bond acceptors (Lipinski definition) is 6. The molecule has 0 atom stereocenters. The first-order valence-electron chi connectivity index (χ1n) is 11.3. The number of aromatic nitrogens is 2. The fourth-order valence-electron chi connectivity index (χ4n) is 4.50. The Morgan fingerprint density at radius 3 is 2.14 bits per heavy atom. The van der Waals surface area contributed by atoms with Crippen molar-refractivity contribution in [3.63, 3.8) is 0 Å². The topological polar surface area (TPSA) is 134 Å². The molecule has 1 aromatic heterocycles. The summed E-state index contributed by atoms with van der Waals surface area (Å²) in [5.41, 5.74) is 0.636. The molecule has 9 nitrogen and oxygen atoms in total. The Kier molecular flexibility index (Phi) is 7.47. The van der Waals surface area contributed by atoms with E-state index in [9.17, 15) is 22.8 Å². The van der Waals surface area contributed by atoms with E-state index < -0.39 is 22.9 Å². The summed E-state index contributed by atoms with van der Waals surface area (Å²) in [6, 6.07) is 13.7. The molecule has 0 aliphatic heterocycles. The molecule has 2 N–H and O–H groups in total. The van der Waals surface area contributed by atoms with Gasteiger partial charge >= 0.3 is 7.60 Å². The van der Waals surface area contributed by atoms with E-state index in [0.29, 0.717) is 28.1 Å². The fraction of sp³-hybridized carbons (Fsp3) is 0.250. The summed E-state index contributed by atoms with van der Waals surface area (Å²) in [4.78, 5) is 25.2. The largest absolute Gasteiger partial charge is 0.351 e. The van der Waals surface area contributed by atoms with Crippen LogP contribution >= 0.6 is 30.8 Å². The van der Waals surface area contributed by atoms with E-state index in [1.165, 1.54) is 38.1 Å². The van der Waals surface area contributed by atoms with Crippen LogP contribution < -0.4 is 4.31 Å². The number of hydrogen-bond donors (Lipinski definition) is 2. The third kappa shape index (κ3) is 4.78. The molecule has 0 aliphatic rings. The molecule has 1 heterocycles. The first kappa shape index (κ1) is 27.6. The maximum absolute atomic E-state index is 14.3. The summed E-state index contributed by atoms with van der Waals surface area (Å²) in [5, 5.41) is 2.98. The van der Waals surface area contributed by atoms with Crippen molar-refractivity contribution in [2.45, 2.75) is 43.8 Å². The summed E-state index contributed by atoms with van der Waals surface area (Å²) in [6.07, 6.45) is -0.358. The molecule has 0 fully saturated rings. The number of rotatable bonds is 8. The minimum Gasteiger partial charge on any atom is -0.339 e. The van der Waals surface area contributed by atoms with Crippen molar-refractivity contribution < 1.29 is 27.3 Å². The van der Waals surface area contributed by atoms with Gasteiger partial charge < -0.3 is 14.3 Å². The predicted molar refractivity (Wildman–Crippen MR) is 143 cm³/mol. The van der Waals surface area contributed by atoms with Crippen LogP contribution in [0.4, 0.5) is 5.69 Å². The van der Waals surface area contributed by atoms with Crippen LogP contribution in [-0.2, 0) is 14.6 Å². The second-order valence-electron chi connectivity index (χ2n) is 8.42. The third-order valence-electron chi connectivity index (χ3n) is 6.31. The summed E-state index contributed by atoms with van der Waals surface area (Å²) < 4.78 is 47.6. The number of aryl methyl sites for hydroxylation is 1. The molecule has 0 amide bonds. The van der Waals surface area contributed by atoms with Crippen LogP contribution in [0.1, 0.15) is 32.6 Å². The van der Waals surface area contributed by atoms with Crippen molar-refractivity contribution in [3.05, 3.63) is 70.5 Å². The molecule has 0 bridgehead atoms. The molecule has 37 heavy (non-hydrogen) atoms. The highest BCUT2D eigenvalue weighted by molar-refractivity contribution is 7.93. The molecule has 0 radical (unpaired) electrons. The smallest absolute Gasteiger partial charge is 0.339 e. The normalized spacial score (nSPS) is 12.7. The highest BCUT2D eigenvalue weighted by atomic mass is 35.5. The lowest BCUT2D eigenvalue weighted by atomic mass is 10.0. The standard InChI is InChI=1S/C24H24Cl2N3O6PS/c1-4-24(5-2,36(30,31)32)29(37(33,34)18-13-16(25)12-17(26)14-18)22-11-7-8-19-20(22)9-6-10-21(19)23-27-15(3)35-28-23/h6-14H,4-5H2,1-3H3,(H2,30,31,32). The van der Waals surface area contributed by atoms with Crippen molar-refractivity contribution in [1.29, 1.82) is 0 Å². The number of anilines is 1. The van der Waals surface area contributed by atoms with Crippen LogP contribution in [0.15, 0.2) is 64.0 Å². The van der Waals surface area contributed by atoms with Gasteiger partial charge in [-0.15, -0.1) is 0 Å². The quantitative estimate of drug-likeness (QED) is 0.228. The van der Waals surface area contributed by atoms with Gasteiger partial charge in [-0.1, -0.05) is 72.5 Å². The van der Waals surface area contributed by atoms with Crippen LogP contribution in [0, 0.1) is 6.92 Å². The number of halogens is 2. The Morgan fingerprint density at radius 2 is 1.59 bits per heavy atom. The monoisotopic (exact) mass is 583 g/mol. The molecular weight excluding hydrogens is 560 g/mol. The lowest BCUT2D eigenvalue weighted by Crippen LogP contribution is -2.51. The average molecular weight is 584 g/mol. The van der Waals surface area contributed by atoms with E-state index in [1.54, 1.807) is 37.3 Å². The number of sulfonamides is 1. The zero-order chi connectivity index (χ0) is 27.2. The van der Waals surface area contributed by atoms with Crippen LogP contribution in [0.3, 0.4) is 0 Å². The molecule has 4 rings (SSSR count). The van der Waals surface area contributed by atoms with Crippen molar-refractivity contribution in [2.75, 3.05) is 4.31 Å². The lowest BCUT2D eigenvalue weighted by molar-refractivity contribution is 0.317. The molecule has 196 valence electrons. The zero-order valence-electron chi connectivity index (χ0n) is 20.1. The van der Waals surface area contributed by atoms with Gasteiger partial charge in [0.05, 0.1) is 10.6 Å². The molecule has 0 saturated heterocycles. The zero-order valence-corrected chi connectivity index (χ0v) is 23.3. The first-order chi connectivity index (χ1) is 17.4. The van der Waals surface area contributed by atoms with Gasteiger partial charge in [-0.3, -0.25) is 4.57 Å². The molecule has 3 aromatic carbocycles. The molecule has 0 unspecified atom stereocenters. The van der Waals surface area contributed by atoms with Gasteiger partial charge in [-0.25, -0.2) is 12.7 Å². The van der Waals surface area contributed by atoms with Crippen molar-refractivity contribution in [3.8, 4) is 11.4 Å². The second-order valence-corrected chi connectivity index (χ2v) is 13.0. The van der Waals surface area contributed by atoms with E-state index in [2.05, 4.69) is 10.1 Å². The van der Waals surface area contributed by atoms with E-state index in [4.69, 9.17) is 27.7 Å². The summed E-state index contributed by atoms with van der Waals surface area (Å²) in [7, 11) is -9.68. The molecule has 13 heteroatoms. The van der Waals surface area contributed by atoms with Gasteiger partial charge in [0.25, 0.3) is 10.0 Å². The summed E-state index contributed by atoms with van der Waals surface area (Å²) in [6.45, 7) is 4.72. The second kappa shape index (κ2) is 10.0. The summed E-state index contributed by atoms with van der Waals surface area (Å²) in [5.74, 6) is 0.645. The minimum absolute atomic E-state index is 0.0634. The summed E-state index contributed by atoms with van der Waals surface area (Å²) >= 11 is 12.2. The van der Waals surface area contributed by atoms with Crippen LogP contribution in [0.2, 0.25) is 10.0 Å². The number of nitrogens with zero attached hydrogens (tertiary/aromatic N) is 3. The van der Waals surface area contributed by atoms with Gasteiger partial charge in [0.1, 0.15) is 0 Å². The molecule has 0 saturated carbocycles. The minimum atomic E-state index is -5.07. The van der Waals surface area contributed by atoms with Crippen molar-refractivity contribution >= 4 is 57.3 Å². The van der Waals surface area contributed by atoms with Gasteiger partial charge in [-0.2, -0.15) is 4.98 Å². The van der Waals surface area contributed by atoms with Crippen LogP contribution in [0.25, 0.3) is 22.2 Å². The van der Waals surface area contributed by atoms with E-state index in [-0.39, 0.29) is 33.5 Å². The molecule has 0 aliphatic carbocycles. The van der Waals surface area contributed by atoms with Crippen molar-refractivity contribution in [2.24, 2.45) is 0 Å². The maximum Gasteiger partial charge on any atom is 0.351 e. The Hall–Kier alpha value is -2.46. The van der Waals surface area contributed by atoms with Gasteiger partial charge in [0, 0.05) is 27.9 Å². The van der Waals surface area contributed by atoms with E-state index in [1.807, 2.05) is 0 Å². The SMILES string of the molecule is CCC(CC)(N(c1cccc2c(-c3noc(C)n3)cccc12)S(=O)(=O)c1cc(Cl)cc(Cl)c1)P(=O)(O)O. The Bertz CT molecular complexity index is 1610. The predicted octanol–water partition coefficient (Wildman–Crippen LogP) is 6.39. The van der Waals surface area contributed by atoms with Crippen molar-refractivity contribution in [1.82, 2.24) is 10.1 Å².